The minimum atomic E-state index is -0.765. The number of carboxylic acid groups (broad SMARTS) is 1. The quantitative estimate of drug-likeness (QED) is 0.714. The number of carboxylic acids is 1. The number of hydrogen-bond donors (Lipinski definition) is 3. The summed E-state index contributed by atoms with van der Waals surface area (Å²) in [5.74, 6) is -0.212. The van der Waals surface area contributed by atoms with Crippen LogP contribution in [0.4, 0.5) is 0 Å². The molecule has 2 fully saturated rings. The maximum absolute atomic E-state index is 12.0. The molecule has 0 aromatic rings. The zero-order valence-electron chi connectivity index (χ0n) is 11.6. The Labute approximate surface area is 114 Å². The maximum Gasteiger partial charge on any atom is 0.311 e. The van der Waals surface area contributed by atoms with E-state index in [2.05, 4.69) is 17.6 Å². The summed E-state index contributed by atoms with van der Waals surface area (Å²) in [6.07, 6.45) is 5.07. The largest absolute Gasteiger partial charge is 0.481 e. The van der Waals surface area contributed by atoms with E-state index >= 15 is 0 Å². The van der Waals surface area contributed by atoms with Crippen molar-refractivity contribution in [3.05, 3.63) is 0 Å². The normalized spacial score (nSPS) is 35.0. The highest BCUT2D eigenvalue weighted by molar-refractivity contribution is 5.83. The SMILES string of the molecule is CC1CCC(CNC(=O)[C@H]2CCCN2)(C(=O)O)CC1. The smallest absolute Gasteiger partial charge is 0.311 e. The van der Waals surface area contributed by atoms with Gasteiger partial charge in [0.2, 0.25) is 5.91 Å². The van der Waals surface area contributed by atoms with Crippen molar-refractivity contribution in [2.24, 2.45) is 11.3 Å². The van der Waals surface area contributed by atoms with Crippen LogP contribution in [-0.4, -0.2) is 36.1 Å². The van der Waals surface area contributed by atoms with Crippen molar-refractivity contribution < 1.29 is 14.7 Å². The van der Waals surface area contributed by atoms with E-state index in [1.54, 1.807) is 0 Å². The molecule has 1 aliphatic heterocycles. The molecule has 1 aliphatic carbocycles. The standard InChI is InChI=1S/C14H24N2O3/c1-10-4-6-14(7-5-10,13(18)19)9-16-12(17)11-3-2-8-15-11/h10-11,15H,2-9H2,1H3,(H,16,17)(H,18,19)/t10?,11-,14?/m1/s1. The van der Waals surface area contributed by atoms with Crippen LogP contribution in [-0.2, 0) is 9.59 Å². The minimum Gasteiger partial charge on any atom is -0.481 e. The third-order valence-electron chi connectivity index (χ3n) is 4.66. The molecule has 0 bridgehead atoms. The van der Waals surface area contributed by atoms with E-state index in [4.69, 9.17) is 0 Å². The first-order valence-electron chi connectivity index (χ1n) is 7.28. The van der Waals surface area contributed by atoms with Crippen molar-refractivity contribution in [3.63, 3.8) is 0 Å². The Morgan fingerprint density at radius 3 is 2.53 bits per heavy atom. The minimum absolute atomic E-state index is 0.0447. The Morgan fingerprint density at radius 2 is 2.00 bits per heavy atom. The van der Waals surface area contributed by atoms with E-state index in [9.17, 15) is 14.7 Å². The molecule has 2 aliphatic rings. The molecule has 108 valence electrons. The van der Waals surface area contributed by atoms with Gasteiger partial charge in [0, 0.05) is 6.54 Å². The molecule has 0 aromatic carbocycles. The number of rotatable bonds is 4. The number of aliphatic carboxylic acids is 1. The van der Waals surface area contributed by atoms with Crippen molar-refractivity contribution in [2.45, 2.75) is 51.5 Å². The van der Waals surface area contributed by atoms with Gasteiger partial charge in [-0.3, -0.25) is 9.59 Å². The van der Waals surface area contributed by atoms with E-state index in [1.807, 2.05) is 0 Å². The second-order valence-corrected chi connectivity index (χ2v) is 6.13. The Morgan fingerprint density at radius 1 is 1.32 bits per heavy atom. The molecule has 5 heteroatoms. The molecule has 5 nitrogen and oxygen atoms in total. The Balaban J connectivity index is 1.90. The van der Waals surface area contributed by atoms with Crippen LogP contribution in [0.2, 0.25) is 0 Å². The van der Waals surface area contributed by atoms with Crippen LogP contribution in [0.5, 0.6) is 0 Å². The summed E-state index contributed by atoms with van der Waals surface area (Å²) in [5.41, 5.74) is -0.749. The van der Waals surface area contributed by atoms with E-state index in [0.29, 0.717) is 18.8 Å². The van der Waals surface area contributed by atoms with Gasteiger partial charge >= 0.3 is 5.97 Å². The van der Waals surface area contributed by atoms with Gasteiger partial charge in [-0.15, -0.1) is 0 Å². The summed E-state index contributed by atoms with van der Waals surface area (Å²) in [4.78, 5) is 23.5. The molecule has 0 unspecified atom stereocenters. The van der Waals surface area contributed by atoms with Gasteiger partial charge in [-0.2, -0.15) is 0 Å². The van der Waals surface area contributed by atoms with Crippen LogP contribution in [0, 0.1) is 11.3 Å². The summed E-state index contributed by atoms with van der Waals surface area (Å²) in [5, 5.41) is 15.5. The molecule has 1 saturated carbocycles. The van der Waals surface area contributed by atoms with Gasteiger partial charge in [0.25, 0.3) is 0 Å². The highest BCUT2D eigenvalue weighted by Crippen LogP contribution is 2.38. The summed E-state index contributed by atoms with van der Waals surface area (Å²) < 4.78 is 0. The number of carbonyl (C=O) groups excluding carboxylic acids is 1. The van der Waals surface area contributed by atoms with Crippen LogP contribution in [0.1, 0.15) is 45.4 Å². The molecule has 0 radical (unpaired) electrons. The highest BCUT2D eigenvalue weighted by atomic mass is 16.4. The highest BCUT2D eigenvalue weighted by Gasteiger charge is 2.41. The molecule has 0 spiro atoms. The lowest BCUT2D eigenvalue weighted by atomic mass is 9.71. The predicted octanol–water partition coefficient (Wildman–Crippen LogP) is 1.14. The van der Waals surface area contributed by atoms with Crippen LogP contribution in [0.15, 0.2) is 0 Å². The second-order valence-electron chi connectivity index (χ2n) is 6.13. The molecule has 2 rings (SSSR count). The average molecular weight is 268 g/mol. The molecular weight excluding hydrogens is 244 g/mol. The number of hydrogen-bond acceptors (Lipinski definition) is 3. The average Bonchev–Trinajstić information content (AvgIpc) is 2.92. The van der Waals surface area contributed by atoms with Crippen molar-refractivity contribution in [2.75, 3.05) is 13.1 Å². The number of carbonyl (C=O) groups is 2. The fraction of sp³-hybridized carbons (Fsp3) is 0.857. The van der Waals surface area contributed by atoms with Gasteiger partial charge in [-0.25, -0.2) is 0 Å². The lowest BCUT2D eigenvalue weighted by molar-refractivity contribution is -0.151. The van der Waals surface area contributed by atoms with Gasteiger partial charge in [0.15, 0.2) is 0 Å². The van der Waals surface area contributed by atoms with E-state index in [1.165, 1.54) is 0 Å². The molecule has 1 amide bonds. The molecule has 1 saturated heterocycles. The summed E-state index contributed by atoms with van der Waals surface area (Å²) in [7, 11) is 0. The third-order valence-corrected chi connectivity index (χ3v) is 4.66. The van der Waals surface area contributed by atoms with E-state index in [0.717, 1.165) is 32.2 Å². The monoisotopic (exact) mass is 268 g/mol. The predicted molar refractivity (Wildman–Crippen MR) is 71.7 cm³/mol. The van der Waals surface area contributed by atoms with E-state index < -0.39 is 11.4 Å². The van der Waals surface area contributed by atoms with Crippen molar-refractivity contribution in [3.8, 4) is 0 Å². The summed E-state index contributed by atoms with van der Waals surface area (Å²) in [6, 6.07) is -0.131. The number of amides is 1. The first kappa shape index (κ1) is 14.3. The Kier molecular flexibility index (Phi) is 4.45. The van der Waals surface area contributed by atoms with Gasteiger partial charge in [-0.1, -0.05) is 6.92 Å². The molecule has 3 N–H and O–H groups in total. The van der Waals surface area contributed by atoms with Crippen LogP contribution in [0.25, 0.3) is 0 Å². The Bertz CT molecular complexity index is 343. The summed E-state index contributed by atoms with van der Waals surface area (Å²) >= 11 is 0. The van der Waals surface area contributed by atoms with Gasteiger partial charge in [-0.05, 0) is 51.0 Å². The lowest BCUT2D eigenvalue weighted by Crippen LogP contribution is -2.49. The fourth-order valence-corrected chi connectivity index (χ4v) is 3.07. The topological polar surface area (TPSA) is 78.4 Å². The number of nitrogens with one attached hydrogen (secondary N) is 2. The second kappa shape index (κ2) is 5.90. The van der Waals surface area contributed by atoms with Crippen molar-refractivity contribution in [1.29, 1.82) is 0 Å². The van der Waals surface area contributed by atoms with Gasteiger partial charge in [0.1, 0.15) is 0 Å². The molecular formula is C14H24N2O3. The van der Waals surface area contributed by atoms with Crippen molar-refractivity contribution in [1.82, 2.24) is 10.6 Å². The maximum atomic E-state index is 12.0. The van der Waals surface area contributed by atoms with Crippen LogP contribution >= 0.6 is 0 Å². The Hall–Kier alpha value is -1.10. The lowest BCUT2D eigenvalue weighted by Gasteiger charge is -2.36. The van der Waals surface area contributed by atoms with Gasteiger partial charge < -0.3 is 15.7 Å². The first-order chi connectivity index (χ1) is 9.03. The van der Waals surface area contributed by atoms with Crippen LogP contribution < -0.4 is 10.6 Å². The molecule has 0 aromatic heterocycles. The molecule has 1 atom stereocenters. The zero-order valence-corrected chi connectivity index (χ0v) is 11.6. The summed E-state index contributed by atoms with van der Waals surface area (Å²) in [6.45, 7) is 3.30. The molecule has 1 heterocycles. The van der Waals surface area contributed by atoms with Crippen LogP contribution in [0.3, 0.4) is 0 Å². The zero-order chi connectivity index (χ0) is 13.9. The van der Waals surface area contributed by atoms with Gasteiger partial charge in [0.05, 0.1) is 11.5 Å². The first-order valence-corrected chi connectivity index (χ1v) is 7.28. The fourth-order valence-electron chi connectivity index (χ4n) is 3.07. The van der Waals surface area contributed by atoms with E-state index in [-0.39, 0.29) is 18.5 Å². The molecule has 19 heavy (non-hydrogen) atoms. The third kappa shape index (κ3) is 3.26. The van der Waals surface area contributed by atoms with Crippen molar-refractivity contribution >= 4 is 11.9 Å².